The van der Waals surface area contributed by atoms with Crippen LogP contribution in [0.2, 0.25) is 0 Å². The van der Waals surface area contributed by atoms with E-state index in [1.54, 1.807) is 0 Å². The number of carbonyl (C=O) groups is 2. The van der Waals surface area contributed by atoms with Gasteiger partial charge in [0, 0.05) is 17.9 Å². The second kappa shape index (κ2) is 6.61. The van der Waals surface area contributed by atoms with Gasteiger partial charge in [-0.05, 0) is 25.1 Å². The Bertz CT molecular complexity index is 718. The quantitative estimate of drug-likeness (QED) is 0.908. The molecule has 0 saturated heterocycles. The molecule has 1 atom stereocenters. The zero-order valence-electron chi connectivity index (χ0n) is 11.8. The first kappa shape index (κ1) is 16.0. The average Bonchev–Trinajstić information content (AvgIpc) is 2.89. The number of nitrogens with one attached hydrogen (secondary N) is 2. The summed E-state index contributed by atoms with van der Waals surface area (Å²) in [5.74, 6) is -2.02. The highest BCUT2D eigenvalue weighted by Gasteiger charge is 2.17. The number of aromatic nitrogens is 1. The predicted octanol–water partition coefficient (Wildman–Crippen LogP) is 2.87. The van der Waals surface area contributed by atoms with E-state index in [4.69, 9.17) is 0 Å². The van der Waals surface area contributed by atoms with Gasteiger partial charge in [-0.2, -0.15) is 0 Å². The van der Waals surface area contributed by atoms with E-state index in [1.165, 1.54) is 19.2 Å². The van der Waals surface area contributed by atoms with Crippen molar-refractivity contribution in [3.05, 3.63) is 46.5 Å². The van der Waals surface area contributed by atoms with Gasteiger partial charge >= 0.3 is 0 Å². The van der Waals surface area contributed by atoms with Gasteiger partial charge in [0.15, 0.2) is 5.13 Å². The summed E-state index contributed by atoms with van der Waals surface area (Å²) in [6.45, 7) is 2.87. The van der Waals surface area contributed by atoms with E-state index < -0.39 is 23.6 Å². The number of amides is 2. The van der Waals surface area contributed by atoms with Gasteiger partial charge in [-0.15, -0.1) is 11.3 Å². The highest BCUT2D eigenvalue weighted by Crippen LogP contribution is 2.20. The van der Waals surface area contributed by atoms with Crippen LogP contribution in [0.25, 0.3) is 0 Å². The van der Waals surface area contributed by atoms with Crippen molar-refractivity contribution in [2.24, 2.45) is 0 Å². The number of thiazole rings is 1. The van der Waals surface area contributed by atoms with Crippen molar-refractivity contribution in [3.8, 4) is 0 Å². The van der Waals surface area contributed by atoms with Crippen molar-refractivity contribution >= 4 is 28.3 Å². The summed E-state index contributed by atoms with van der Waals surface area (Å²) in [6.07, 6.45) is 0. The van der Waals surface area contributed by atoms with Crippen LogP contribution in [0.5, 0.6) is 0 Å². The van der Waals surface area contributed by atoms with Crippen molar-refractivity contribution in [2.75, 3.05) is 5.32 Å². The van der Waals surface area contributed by atoms with Crippen molar-refractivity contribution in [1.82, 2.24) is 10.3 Å². The summed E-state index contributed by atoms with van der Waals surface area (Å²) >= 11 is 1.10. The van der Waals surface area contributed by atoms with Crippen LogP contribution in [0.1, 0.15) is 35.9 Å². The summed E-state index contributed by atoms with van der Waals surface area (Å²) in [7, 11) is 0. The number of rotatable bonds is 4. The second-order valence-corrected chi connectivity index (χ2v) is 5.44. The van der Waals surface area contributed by atoms with Gasteiger partial charge in [-0.25, -0.2) is 13.8 Å². The zero-order valence-corrected chi connectivity index (χ0v) is 12.6. The second-order valence-electron chi connectivity index (χ2n) is 4.58. The fourth-order valence-corrected chi connectivity index (χ4v) is 2.52. The molecule has 22 heavy (non-hydrogen) atoms. The van der Waals surface area contributed by atoms with Crippen LogP contribution < -0.4 is 10.6 Å². The van der Waals surface area contributed by atoms with Gasteiger partial charge in [-0.3, -0.25) is 9.59 Å². The number of anilines is 1. The third kappa shape index (κ3) is 3.85. The predicted molar refractivity (Wildman–Crippen MR) is 78.7 cm³/mol. The van der Waals surface area contributed by atoms with Crippen LogP contribution in [0.3, 0.4) is 0 Å². The van der Waals surface area contributed by atoms with Crippen molar-refractivity contribution in [1.29, 1.82) is 0 Å². The SMILES string of the molecule is CC(=O)Nc1nc(C(=O)N[C@H](C)c2cc(F)ccc2F)cs1. The molecule has 0 saturated carbocycles. The molecule has 0 fully saturated rings. The first-order chi connectivity index (χ1) is 10.4. The molecule has 0 bridgehead atoms. The Labute approximate surface area is 129 Å². The summed E-state index contributed by atoms with van der Waals surface area (Å²) in [6, 6.07) is 2.32. The Balaban J connectivity index is 2.09. The summed E-state index contributed by atoms with van der Waals surface area (Å²) in [5.41, 5.74) is 0.142. The molecule has 2 N–H and O–H groups in total. The Morgan fingerprint density at radius 1 is 1.32 bits per heavy atom. The monoisotopic (exact) mass is 325 g/mol. The van der Waals surface area contributed by atoms with Gasteiger partial charge in [-0.1, -0.05) is 0 Å². The Hall–Kier alpha value is -2.35. The molecule has 0 aliphatic carbocycles. The van der Waals surface area contributed by atoms with Gasteiger partial charge < -0.3 is 10.6 Å². The molecule has 0 aliphatic rings. The molecule has 1 aromatic heterocycles. The molecule has 116 valence electrons. The number of hydrogen-bond acceptors (Lipinski definition) is 4. The molecule has 2 amide bonds. The molecule has 0 aliphatic heterocycles. The molecular weight excluding hydrogens is 312 g/mol. The van der Waals surface area contributed by atoms with Gasteiger partial charge in [0.25, 0.3) is 5.91 Å². The number of nitrogens with zero attached hydrogens (tertiary/aromatic N) is 1. The average molecular weight is 325 g/mol. The molecule has 1 heterocycles. The Morgan fingerprint density at radius 2 is 2.05 bits per heavy atom. The maximum Gasteiger partial charge on any atom is 0.271 e. The maximum atomic E-state index is 13.6. The Kier molecular flexibility index (Phi) is 4.81. The lowest BCUT2D eigenvalue weighted by atomic mass is 10.1. The number of carbonyl (C=O) groups excluding carboxylic acids is 2. The lowest BCUT2D eigenvalue weighted by molar-refractivity contribution is -0.114. The van der Waals surface area contributed by atoms with Crippen LogP contribution in [-0.4, -0.2) is 16.8 Å². The van der Waals surface area contributed by atoms with Crippen LogP contribution in [0.4, 0.5) is 13.9 Å². The van der Waals surface area contributed by atoms with Gasteiger partial charge in [0.1, 0.15) is 17.3 Å². The normalized spacial score (nSPS) is 11.8. The third-order valence-electron chi connectivity index (χ3n) is 2.79. The van der Waals surface area contributed by atoms with Crippen LogP contribution >= 0.6 is 11.3 Å². The summed E-state index contributed by atoms with van der Waals surface area (Å²) in [4.78, 5) is 26.9. The van der Waals surface area contributed by atoms with E-state index in [0.717, 1.165) is 29.5 Å². The van der Waals surface area contributed by atoms with Crippen LogP contribution in [0, 0.1) is 11.6 Å². The Morgan fingerprint density at radius 3 is 2.73 bits per heavy atom. The van der Waals surface area contributed by atoms with Gasteiger partial charge in [0.2, 0.25) is 5.91 Å². The maximum absolute atomic E-state index is 13.6. The van der Waals surface area contributed by atoms with E-state index >= 15 is 0 Å². The van der Waals surface area contributed by atoms with E-state index in [0.29, 0.717) is 5.13 Å². The molecular formula is C14H13F2N3O2S. The topological polar surface area (TPSA) is 71.1 Å². The highest BCUT2D eigenvalue weighted by molar-refractivity contribution is 7.14. The minimum Gasteiger partial charge on any atom is -0.344 e. The summed E-state index contributed by atoms with van der Waals surface area (Å²) < 4.78 is 26.8. The van der Waals surface area contributed by atoms with Crippen molar-refractivity contribution in [2.45, 2.75) is 19.9 Å². The van der Waals surface area contributed by atoms with Crippen LogP contribution in [-0.2, 0) is 4.79 Å². The molecule has 0 unspecified atom stereocenters. The molecule has 5 nitrogen and oxygen atoms in total. The molecule has 2 rings (SSSR count). The summed E-state index contributed by atoms with van der Waals surface area (Å²) in [5, 5.41) is 6.75. The highest BCUT2D eigenvalue weighted by atomic mass is 32.1. The first-order valence-electron chi connectivity index (χ1n) is 6.35. The lowest BCUT2D eigenvalue weighted by Crippen LogP contribution is -2.27. The van der Waals surface area contributed by atoms with Gasteiger partial charge in [0.05, 0.1) is 6.04 Å². The molecule has 1 aromatic carbocycles. The third-order valence-corrected chi connectivity index (χ3v) is 3.55. The lowest BCUT2D eigenvalue weighted by Gasteiger charge is -2.14. The standard InChI is InChI=1S/C14H13F2N3O2S/c1-7(10-5-9(15)3-4-11(10)16)17-13(21)12-6-22-14(19-12)18-8(2)20/h3-7H,1-2H3,(H,17,21)(H,18,19,20)/t7-/m1/s1. The number of halogens is 2. The van der Waals surface area contributed by atoms with Crippen molar-refractivity contribution in [3.63, 3.8) is 0 Å². The van der Waals surface area contributed by atoms with E-state index in [9.17, 15) is 18.4 Å². The minimum absolute atomic E-state index is 0.0469. The smallest absolute Gasteiger partial charge is 0.271 e. The number of hydrogen-bond donors (Lipinski definition) is 2. The van der Waals surface area contributed by atoms with E-state index in [2.05, 4.69) is 15.6 Å². The molecule has 0 spiro atoms. The first-order valence-corrected chi connectivity index (χ1v) is 7.23. The largest absolute Gasteiger partial charge is 0.344 e. The van der Waals surface area contributed by atoms with Crippen LogP contribution in [0.15, 0.2) is 23.6 Å². The minimum atomic E-state index is -0.728. The molecule has 0 radical (unpaired) electrons. The fraction of sp³-hybridized carbons (Fsp3) is 0.214. The number of benzene rings is 1. The molecule has 2 aromatic rings. The van der Waals surface area contributed by atoms with E-state index in [-0.39, 0.29) is 17.2 Å². The molecule has 8 heteroatoms. The van der Waals surface area contributed by atoms with Crippen molar-refractivity contribution < 1.29 is 18.4 Å². The fourth-order valence-electron chi connectivity index (χ4n) is 1.78. The zero-order chi connectivity index (χ0) is 16.3. The van der Waals surface area contributed by atoms with E-state index in [1.807, 2.05) is 0 Å².